The highest BCUT2D eigenvalue weighted by Crippen LogP contribution is 2.17. The number of ether oxygens (including phenoxy) is 1. The summed E-state index contributed by atoms with van der Waals surface area (Å²) >= 11 is 0. The molecular weight excluding hydrogens is 320 g/mol. The molecule has 0 aromatic heterocycles. The average molecular weight is 338 g/mol. The number of hydrogen-bond acceptors (Lipinski definition) is 4. The van der Waals surface area contributed by atoms with Gasteiger partial charge in [-0.2, -0.15) is 5.26 Å². The highest BCUT2D eigenvalue weighted by Gasteiger charge is 2.18. The summed E-state index contributed by atoms with van der Waals surface area (Å²) in [7, 11) is 0. The number of rotatable bonds is 8. The first kappa shape index (κ1) is 18.0. The van der Waals surface area contributed by atoms with Gasteiger partial charge in [-0.25, -0.2) is 0 Å². The zero-order chi connectivity index (χ0) is 18.1. The molecule has 2 N–H and O–H groups in total. The molecule has 6 heteroatoms. The fourth-order valence-corrected chi connectivity index (χ4v) is 2.29. The molecule has 2 aromatic carbocycles. The highest BCUT2D eigenvalue weighted by atomic mass is 16.5. The zero-order valence-corrected chi connectivity index (χ0v) is 13.5. The van der Waals surface area contributed by atoms with Gasteiger partial charge in [0.25, 0.3) is 5.91 Å². The molecular formula is C19H18N2O4. The van der Waals surface area contributed by atoms with Gasteiger partial charge in [0.15, 0.2) is 6.61 Å². The number of benzene rings is 2. The van der Waals surface area contributed by atoms with Crippen molar-refractivity contribution in [2.75, 3.05) is 6.61 Å². The van der Waals surface area contributed by atoms with Crippen molar-refractivity contribution in [3.05, 3.63) is 65.7 Å². The van der Waals surface area contributed by atoms with Gasteiger partial charge in [-0.05, 0) is 23.3 Å². The third kappa shape index (κ3) is 5.99. The van der Waals surface area contributed by atoms with Gasteiger partial charge in [-0.1, -0.05) is 42.5 Å². The molecule has 1 atom stereocenters. The van der Waals surface area contributed by atoms with Crippen molar-refractivity contribution >= 4 is 11.9 Å². The Hall–Kier alpha value is -3.33. The maximum atomic E-state index is 12.1. The Morgan fingerprint density at radius 3 is 2.40 bits per heavy atom. The number of nitrogens with one attached hydrogen (secondary N) is 1. The van der Waals surface area contributed by atoms with E-state index >= 15 is 0 Å². The van der Waals surface area contributed by atoms with E-state index in [-0.39, 0.29) is 13.0 Å². The Balaban J connectivity index is 1.92. The fourth-order valence-electron chi connectivity index (χ4n) is 2.29. The smallest absolute Gasteiger partial charge is 0.305 e. The van der Waals surface area contributed by atoms with Crippen LogP contribution in [-0.2, 0) is 16.0 Å². The summed E-state index contributed by atoms with van der Waals surface area (Å²) in [6.07, 6.45) is 0.104. The molecule has 1 amide bonds. The van der Waals surface area contributed by atoms with Gasteiger partial charge < -0.3 is 15.2 Å². The van der Waals surface area contributed by atoms with Crippen molar-refractivity contribution in [2.45, 2.75) is 18.9 Å². The molecule has 0 aliphatic heterocycles. The molecule has 2 rings (SSSR count). The summed E-state index contributed by atoms with van der Waals surface area (Å²) in [5.74, 6) is -0.898. The van der Waals surface area contributed by atoms with Crippen LogP contribution in [0.1, 0.15) is 23.6 Å². The maximum absolute atomic E-state index is 12.1. The average Bonchev–Trinajstić information content (AvgIpc) is 2.61. The minimum absolute atomic E-state index is 0.210. The number of carboxylic acids is 1. The van der Waals surface area contributed by atoms with E-state index in [0.717, 1.165) is 11.1 Å². The number of nitriles is 1. The number of carbonyl (C=O) groups is 2. The predicted molar refractivity (Wildman–Crippen MR) is 90.8 cm³/mol. The SMILES string of the molecule is N#CCc1ccc(OCC(=O)N[C@H](CC(=O)O)c2ccccc2)cc1. The summed E-state index contributed by atoms with van der Waals surface area (Å²) in [5, 5.41) is 20.3. The summed E-state index contributed by atoms with van der Waals surface area (Å²) in [4.78, 5) is 23.1. The maximum Gasteiger partial charge on any atom is 0.305 e. The van der Waals surface area contributed by atoms with Gasteiger partial charge in [0.05, 0.1) is 25.0 Å². The van der Waals surface area contributed by atoms with Crippen LogP contribution in [0.15, 0.2) is 54.6 Å². The van der Waals surface area contributed by atoms with E-state index in [1.54, 1.807) is 48.5 Å². The minimum Gasteiger partial charge on any atom is -0.484 e. The van der Waals surface area contributed by atoms with Gasteiger partial charge >= 0.3 is 5.97 Å². The standard InChI is InChI=1S/C19H18N2O4/c20-11-10-14-6-8-16(9-7-14)25-13-18(22)21-17(12-19(23)24)15-4-2-1-3-5-15/h1-9,17H,10,12-13H2,(H,21,22)(H,23,24)/t17-/m1/s1. The van der Waals surface area contributed by atoms with Crippen LogP contribution in [0.25, 0.3) is 0 Å². The Labute approximate surface area is 145 Å². The van der Waals surface area contributed by atoms with Crippen molar-refractivity contribution in [1.82, 2.24) is 5.32 Å². The quantitative estimate of drug-likeness (QED) is 0.770. The number of amides is 1. The molecule has 0 saturated heterocycles. The molecule has 0 unspecified atom stereocenters. The second kappa shape index (κ2) is 9.08. The van der Waals surface area contributed by atoms with Gasteiger partial charge in [0.1, 0.15) is 5.75 Å². The zero-order valence-electron chi connectivity index (χ0n) is 13.5. The van der Waals surface area contributed by atoms with E-state index in [2.05, 4.69) is 11.4 Å². The molecule has 0 fully saturated rings. The van der Waals surface area contributed by atoms with Crippen LogP contribution in [-0.4, -0.2) is 23.6 Å². The van der Waals surface area contributed by atoms with Crippen molar-refractivity contribution in [2.24, 2.45) is 0 Å². The number of hydrogen-bond donors (Lipinski definition) is 2. The van der Waals surface area contributed by atoms with E-state index in [1.807, 2.05) is 6.07 Å². The molecule has 25 heavy (non-hydrogen) atoms. The first-order chi connectivity index (χ1) is 12.1. The molecule has 128 valence electrons. The summed E-state index contributed by atoms with van der Waals surface area (Å²) in [6, 6.07) is 17.3. The van der Waals surface area contributed by atoms with Crippen LogP contribution in [0.4, 0.5) is 0 Å². The summed E-state index contributed by atoms with van der Waals surface area (Å²) in [6.45, 7) is -0.222. The lowest BCUT2D eigenvalue weighted by atomic mass is 10.0. The molecule has 0 spiro atoms. The summed E-state index contributed by atoms with van der Waals surface area (Å²) < 4.78 is 5.40. The van der Waals surface area contributed by atoms with E-state index in [0.29, 0.717) is 12.2 Å². The molecule has 0 saturated carbocycles. The van der Waals surface area contributed by atoms with Crippen molar-refractivity contribution in [3.8, 4) is 11.8 Å². The molecule has 0 heterocycles. The lowest BCUT2D eigenvalue weighted by molar-refractivity contribution is -0.137. The molecule has 0 aliphatic carbocycles. The predicted octanol–water partition coefficient (Wildman–Crippen LogP) is 2.46. The molecule has 0 radical (unpaired) electrons. The summed E-state index contributed by atoms with van der Waals surface area (Å²) in [5.41, 5.74) is 1.59. The van der Waals surface area contributed by atoms with Crippen molar-refractivity contribution in [3.63, 3.8) is 0 Å². The number of carbonyl (C=O) groups excluding carboxylic acids is 1. The Bertz CT molecular complexity index is 751. The Morgan fingerprint density at radius 2 is 1.80 bits per heavy atom. The number of carboxylic acid groups (broad SMARTS) is 1. The highest BCUT2D eigenvalue weighted by molar-refractivity contribution is 5.79. The largest absolute Gasteiger partial charge is 0.484 e. The van der Waals surface area contributed by atoms with Crippen LogP contribution in [0.5, 0.6) is 5.75 Å². The van der Waals surface area contributed by atoms with Gasteiger partial charge in [0.2, 0.25) is 0 Å². The van der Waals surface area contributed by atoms with Crippen molar-refractivity contribution in [1.29, 1.82) is 5.26 Å². The molecule has 6 nitrogen and oxygen atoms in total. The number of aliphatic carboxylic acids is 1. The second-order valence-corrected chi connectivity index (χ2v) is 5.40. The lowest BCUT2D eigenvalue weighted by Crippen LogP contribution is -2.33. The first-order valence-electron chi connectivity index (χ1n) is 7.73. The van der Waals surface area contributed by atoms with Crippen LogP contribution < -0.4 is 10.1 Å². The van der Waals surface area contributed by atoms with Gasteiger partial charge in [-0.3, -0.25) is 9.59 Å². The van der Waals surface area contributed by atoms with E-state index in [4.69, 9.17) is 15.1 Å². The lowest BCUT2D eigenvalue weighted by Gasteiger charge is -2.17. The monoisotopic (exact) mass is 338 g/mol. The van der Waals surface area contributed by atoms with Crippen LogP contribution in [0.2, 0.25) is 0 Å². The normalized spacial score (nSPS) is 11.2. The first-order valence-corrected chi connectivity index (χ1v) is 7.73. The fraction of sp³-hybridized carbons (Fsp3) is 0.211. The third-order valence-electron chi connectivity index (χ3n) is 3.49. The Morgan fingerprint density at radius 1 is 1.12 bits per heavy atom. The van der Waals surface area contributed by atoms with Crippen LogP contribution >= 0.6 is 0 Å². The molecule has 0 aliphatic rings. The van der Waals surface area contributed by atoms with E-state index in [1.165, 1.54) is 0 Å². The second-order valence-electron chi connectivity index (χ2n) is 5.40. The van der Waals surface area contributed by atoms with E-state index in [9.17, 15) is 9.59 Å². The van der Waals surface area contributed by atoms with Gasteiger partial charge in [0, 0.05) is 0 Å². The Kier molecular flexibility index (Phi) is 6.55. The molecule has 2 aromatic rings. The van der Waals surface area contributed by atoms with E-state index < -0.39 is 17.9 Å². The van der Waals surface area contributed by atoms with Crippen LogP contribution in [0.3, 0.4) is 0 Å². The molecule has 0 bridgehead atoms. The number of nitrogens with zero attached hydrogens (tertiary/aromatic N) is 1. The topological polar surface area (TPSA) is 99.4 Å². The van der Waals surface area contributed by atoms with Crippen LogP contribution in [0, 0.1) is 11.3 Å². The van der Waals surface area contributed by atoms with Gasteiger partial charge in [-0.15, -0.1) is 0 Å². The minimum atomic E-state index is -0.997. The third-order valence-corrected chi connectivity index (χ3v) is 3.49. The van der Waals surface area contributed by atoms with Crippen molar-refractivity contribution < 1.29 is 19.4 Å².